The number of morpholine rings is 1. The van der Waals surface area contributed by atoms with E-state index in [1.54, 1.807) is 16.2 Å². The minimum Gasteiger partial charge on any atom is -0.375 e. The highest BCUT2D eigenvalue weighted by Gasteiger charge is 2.21. The second kappa shape index (κ2) is 6.46. The Labute approximate surface area is 133 Å². The number of hydrogen-bond acceptors (Lipinski definition) is 4. The first-order valence-electron chi connectivity index (χ1n) is 7.32. The Kier molecular flexibility index (Phi) is 4.40. The molecule has 3 rings (SSSR count). The molecule has 2 heterocycles. The van der Waals surface area contributed by atoms with Crippen molar-refractivity contribution < 1.29 is 9.53 Å². The normalized spacial score (nSPS) is 18.3. The number of ether oxygens (including phenoxy) is 1. The lowest BCUT2D eigenvalue weighted by atomic mass is 10.2. The minimum absolute atomic E-state index is 0.0759. The van der Waals surface area contributed by atoms with Crippen molar-refractivity contribution in [2.45, 2.75) is 20.0 Å². The molecule has 5 nitrogen and oxygen atoms in total. The molecule has 1 aliphatic heterocycles. The standard InChI is InChI=1S/C16H19N3O2S/c1-11-10-22-15(17-11)13-3-5-14(6-4-13)18-16(20)19-7-8-21-12(2)9-19/h3-6,10,12H,7-9H2,1-2H3,(H,18,20). The highest BCUT2D eigenvalue weighted by atomic mass is 32.1. The van der Waals surface area contributed by atoms with E-state index < -0.39 is 0 Å². The van der Waals surface area contributed by atoms with Gasteiger partial charge < -0.3 is 15.0 Å². The number of hydrogen-bond donors (Lipinski definition) is 1. The van der Waals surface area contributed by atoms with Gasteiger partial charge in [0.05, 0.1) is 12.7 Å². The topological polar surface area (TPSA) is 54.5 Å². The van der Waals surface area contributed by atoms with Crippen LogP contribution in [0.5, 0.6) is 0 Å². The minimum atomic E-state index is -0.0759. The second-order valence-corrected chi connectivity index (χ2v) is 6.29. The maximum absolute atomic E-state index is 12.2. The number of nitrogens with one attached hydrogen (secondary N) is 1. The third-order valence-corrected chi connectivity index (χ3v) is 4.54. The van der Waals surface area contributed by atoms with Gasteiger partial charge >= 0.3 is 6.03 Å². The van der Waals surface area contributed by atoms with Crippen molar-refractivity contribution in [2.24, 2.45) is 0 Å². The number of rotatable bonds is 2. The number of nitrogens with zero attached hydrogens (tertiary/aromatic N) is 2. The Morgan fingerprint density at radius 1 is 1.41 bits per heavy atom. The third-order valence-electron chi connectivity index (χ3n) is 3.53. The lowest BCUT2D eigenvalue weighted by Crippen LogP contribution is -2.46. The number of urea groups is 1. The van der Waals surface area contributed by atoms with Crippen LogP contribution in [0.15, 0.2) is 29.6 Å². The zero-order valence-corrected chi connectivity index (χ0v) is 13.5. The van der Waals surface area contributed by atoms with Gasteiger partial charge in [-0.1, -0.05) is 0 Å². The highest BCUT2D eigenvalue weighted by molar-refractivity contribution is 7.13. The average molecular weight is 317 g/mol. The molecule has 1 fully saturated rings. The van der Waals surface area contributed by atoms with Crippen molar-refractivity contribution in [3.8, 4) is 10.6 Å². The van der Waals surface area contributed by atoms with E-state index in [9.17, 15) is 4.79 Å². The summed E-state index contributed by atoms with van der Waals surface area (Å²) < 4.78 is 5.45. The summed E-state index contributed by atoms with van der Waals surface area (Å²) in [6.07, 6.45) is 0.0926. The van der Waals surface area contributed by atoms with Crippen LogP contribution in [0.1, 0.15) is 12.6 Å². The van der Waals surface area contributed by atoms with Crippen LogP contribution in [0.4, 0.5) is 10.5 Å². The molecule has 2 aromatic rings. The quantitative estimate of drug-likeness (QED) is 0.924. The summed E-state index contributed by atoms with van der Waals surface area (Å²) in [5.41, 5.74) is 2.89. The van der Waals surface area contributed by atoms with Crippen molar-refractivity contribution in [3.05, 3.63) is 35.3 Å². The van der Waals surface area contributed by atoms with E-state index in [0.29, 0.717) is 19.7 Å². The van der Waals surface area contributed by atoms with Gasteiger partial charge in [-0.3, -0.25) is 0 Å². The van der Waals surface area contributed by atoms with E-state index in [-0.39, 0.29) is 12.1 Å². The lowest BCUT2D eigenvalue weighted by molar-refractivity contribution is -0.00138. The second-order valence-electron chi connectivity index (χ2n) is 5.43. The molecule has 0 spiro atoms. The molecule has 1 N–H and O–H groups in total. The molecular formula is C16H19N3O2S. The molecular weight excluding hydrogens is 298 g/mol. The summed E-state index contributed by atoms with van der Waals surface area (Å²) in [5, 5.41) is 5.96. The van der Waals surface area contributed by atoms with Crippen molar-refractivity contribution in [1.82, 2.24) is 9.88 Å². The molecule has 22 heavy (non-hydrogen) atoms. The van der Waals surface area contributed by atoms with Gasteiger partial charge in [0.1, 0.15) is 5.01 Å². The summed E-state index contributed by atoms with van der Waals surface area (Å²) in [7, 11) is 0. The van der Waals surface area contributed by atoms with E-state index in [1.165, 1.54) is 0 Å². The molecule has 1 unspecified atom stereocenters. The Morgan fingerprint density at radius 2 is 2.18 bits per heavy atom. The van der Waals surface area contributed by atoms with Gasteiger partial charge in [0.15, 0.2) is 0 Å². The number of aromatic nitrogens is 1. The van der Waals surface area contributed by atoms with Crippen LogP contribution in [0, 0.1) is 6.92 Å². The molecule has 1 aromatic carbocycles. The van der Waals surface area contributed by atoms with Crippen LogP contribution in [0.3, 0.4) is 0 Å². The third kappa shape index (κ3) is 3.45. The lowest BCUT2D eigenvalue weighted by Gasteiger charge is -2.31. The van der Waals surface area contributed by atoms with Crippen LogP contribution in [-0.4, -0.2) is 41.7 Å². The largest absolute Gasteiger partial charge is 0.375 e. The van der Waals surface area contributed by atoms with Crippen molar-refractivity contribution in [1.29, 1.82) is 0 Å². The van der Waals surface area contributed by atoms with E-state index in [1.807, 2.05) is 43.5 Å². The van der Waals surface area contributed by atoms with E-state index >= 15 is 0 Å². The fourth-order valence-corrected chi connectivity index (χ4v) is 3.19. The molecule has 0 radical (unpaired) electrons. The van der Waals surface area contributed by atoms with Crippen LogP contribution >= 0.6 is 11.3 Å². The van der Waals surface area contributed by atoms with Crippen molar-refractivity contribution >= 4 is 23.1 Å². The Morgan fingerprint density at radius 3 is 2.82 bits per heavy atom. The number of thiazole rings is 1. The summed E-state index contributed by atoms with van der Waals surface area (Å²) in [5.74, 6) is 0. The number of benzene rings is 1. The number of carbonyl (C=O) groups excluding carboxylic acids is 1. The van der Waals surface area contributed by atoms with Crippen LogP contribution in [0.2, 0.25) is 0 Å². The molecule has 2 amide bonds. The zero-order valence-electron chi connectivity index (χ0n) is 12.7. The monoisotopic (exact) mass is 317 g/mol. The average Bonchev–Trinajstić information content (AvgIpc) is 2.94. The molecule has 1 aromatic heterocycles. The van der Waals surface area contributed by atoms with Gasteiger partial charge in [-0.05, 0) is 38.1 Å². The number of amides is 2. The SMILES string of the molecule is Cc1csc(-c2ccc(NC(=O)N3CCOC(C)C3)cc2)n1. The highest BCUT2D eigenvalue weighted by Crippen LogP contribution is 2.25. The van der Waals surface area contributed by atoms with Crippen molar-refractivity contribution in [2.75, 3.05) is 25.0 Å². The number of aryl methyl sites for hydroxylation is 1. The van der Waals surface area contributed by atoms with Gasteiger partial charge in [-0.15, -0.1) is 11.3 Å². The van der Waals surface area contributed by atoms with Crippen LogP contribution < -0.4 is 5.32 Å². The predicted octanol–water partition coefficient (Wildman–Crippen LogP) is 3.37. The Bertz CT molecular complexity index is 654. The van der Waals surface area contributed by atoms with Crippen LogP contribution in [0.25, 0.3) is 10.6 Å². The number of carbonyl (C=O) groups is 1. The van der Waals surface area contributed by atoms with Gasteiger partial charge in [0, 0.05) is 35.4 Å². The van der Waals surface area contributed by atoms with E-state index in [2.05, 4.69) is 10.3 Å². The van der Waals surface area contributed by atoms with Gasteiger partial charge in [-0.2, -0.15) is 0 Å². The maximum Gasteiger partial charge on any atom is 0.322 e. The van der Waals surface area contributed by atoms with Gasteiger partial charge in [-0.25, -0.2) is 9.78 Å². The van der Waals surface area contributed by atoms with Gasteiger partial charge in [0.25, 0.3) is 0 Å². The first kappa shape index (κ1) is 15.0. The predicted molar refractivity (Wildman–Crippen MR) is 88.3 cm³/mol. The maximum atomic E-state index is 12.2. The molecule has 6 heteroatoms. The molecule has 0 bridgehead atoms. The summed E-state index contributed by atoms with van der Waals surface area (Å²) in [6, 6.07) is 7.71. The molecule has 0 aliphatic carbocycles. The molecule has 1 atom stereocenters. The van der Waals surface area contributed by atoms with Gasteiger partial charge in [0.2, 0.25) is 0 Å². The first-order chi connectivity index (χ1) is 10.6. The molecule has 1 saturated heterocycles. The summed E-state index contributed by atoms with van der Waals surface area (Å²) in [6.45, 7) is 5.81. The fourth-order valence-electron chi connectivity index (χ4n) is 2.39. The number of anilines is 1. The fraction of sp³-hybridized carbons (Fsp3) is 0.375. The zero-order chi connectivity index (χ0) is 15.5. The van der Waals surface area contributed by atoms with Crippen molar-refractivity contribution in [3.63, 3.8) is 0 Å². The molecule has 1 aliphatic rings. The molecule has 0 saturated carbocycles. The molecule has 116 valence electrons. The Hall–Kier alpha value is -1.92. The van der Waals surface area contributed by atoms with Crippen LogP contribution in [-0.2, 0) is 4.74 Å². The smallest absolute Gasteiger partial charge is 0.322 e. The summed E-state index contributed by atoms with van der Waals surface area (Å²) >= 11 is 1.62. The van der Waals surface area contributed by atoms with E-state index in [0.717, 1.165) is 22.0 Å². The first-order valence-corrected chi connectivity index (χ1v) is 8.20. The Balaban J connectivity index is 1.64. The summed E-state index contributed by atoms with van der Waals surface area (Å²) in [4.78, 5) is 18.5. The van der Waals surface area contributed by atoms with E-state index in [4.69, 9.17) is 4.74 Å².